The number of hydrogen-bond donors (Lipinski definition) is 0. The van der Waals surface area contributed by atoms with E-state index in [1.54, 1.807) is 0 Å². The van der Waals surface area contributed by atoms with Crippen LogP contribution in [0.15, 0.2) is 24.3 Å². The van der Waals surface area contributed by atoms with Crippen LogP contribution in [-0.4, -0.2) is 213 Å². The molecule has 0 aliphatic carbocycles. The fourth-order valence-corrected chi connectivity index (χ4v) is 0.272. The minimum Gasteiger partial charge on any atom is -0.822 e. The van der Waals surface area contributed by atoms with Crippen LogP contribution in [0.4, 0.5) is 0 Å². The number of carbonyl (C=O) groups is 4. The molecule has 23 heteroatoms. The second kappa shape index (κ2) is 36.0. The Labute approximate surface area is 323 Å². The van der Waals surface area contributed by atoms with E-state index in [1.807, 2.05) is 0 Å². The minimum atomic E-state index is -5.39. The van der Waals surface area contributed by atoms with Gasteiger partial charge in [0.1, 0.15) is 0 Å². The summed E-state index contributed by atoms with van der Waals surface area (Å²) in [6, 6.07) is 0. The van der Waals surface area contributed by atoms with Crippen molar-refractivity contribution in [3.8, 4) is 0 Å². The molecule has 0 saturated heterocycles. The predicted molar refractivity (Wildman–Crippen MR) is 82.3 cm³/mol. The average molecular weight is 618 g/mol. The number of phosphoric acid groups is 2. The van der Waals surface area contributed by atoms with Gasteiger partial charge >= 0.3 is 189 Å². The molecule has 0 amide bonds. The molecule has 152 valence electrons. The molecular weight excluding hydrogens is 614 g/mol. The zero-order valence-electron chi connectivity index (χ0n) is 15.3. The Hall–Kier alpha value is 3.88. The van der Waals surface area contributed by atoms with E-state index >= 15 is 0 Å². The summed E-state index contributed by atoms with van der Waals surface area (Å²) in [5.41, 5.74) is 0. The van der Waals surface area contributed by atoms with Crippen molar-refractivity contribution in [2.24, 2.45) is 0 Å². The fraction of sp³-hybridized carbons (Fsp3) is 0. The van der Waals surface area contributed by atoms with E-state index in [0.717, 1.165) is 0 Å². The smallest absolute Gasteiger partial charge is 0.822 e. The molecule has 0 N–H and O–H groups in total. The molecule has 0 atom stereocenters. The Bertz CT molecular complexity index is 523. The van der Waals surface area contributed by atoms with Crippen molar-refractivity contribution in [3.05, 3.63) is 24.3 Å². The third kappa shape index (κ3) is 179. The van der Waals surface area contributed by atoms with Crippen LogP contribution in [0.25, 0.3) is 0 Å². The number of carbonyl (C=O) groups excluding carboxylic acids is 4. The van der Waals surface area contributed by atoms with Gasteiger partial charge in [0, 0.05) is 0 Å². The van der Waals surface area contributed by atoms with Gasteiger partial charge in [0.2, 0.25) is 0 Å². The van der Waals surface area contributed by atoms with Crippen molar-refractivity contribution in [1.82, 2.24) is 0 Å². The Kier molecular flexibility index (Phi) is 69.5. The van der Waals surface area contributed by atoms with Gasteiger partial charge in [0.15, 0.2) is 0 Å². The molecule has 16 nitrogen and oxygen atoms in total. The maximum Gasteiger partial charge on any atom is 2.00 e. The summed E-state index contributed by atoms with van der Waals surface area (Å²) in [5, 5.41) is 37.7. The van der Waals surface area contributed by atoms with Crippen molar-refractivity contribution in [2.75, 3.05) is 0 Å². The zero-order valence-corrected chi connectivity index (χ0v) is 28.1. The molecule has 31 heavy (non-hydrogen) atoms. The van der Waals surface area contributed by atoms with Gasteiger partial charge in [0.05, 0.1) is 23.9 Å². The van der Waals surface area contributed by atoms with Crippen molar-refractivity contribution in [2.45, 2.75) is 0 Å². The fourth-order valence-electron chi connectivity index (χ4n) is 0.272. The third-order valence-electron chi connectivity index (χ3n) is 0.711. The molecule has 0 aromatic rings. The van der Waals surface area contributed by atoms with Crippen molar-refractivity contribution in [3.63, 3.8) is 0 Å². The monoisotopic (exact) mass is 618 g/mol. The SMILES string of the molecule is O=C([O-])/C=C\C(=O)[O-].O=C([O-])/C=C\C(=O)[O-].O=P([O-])([O-])[O-].O=P([O-])([O-])[O-].[Ca+2].[Ca+2].[Ca+2].[Ca+2].[Ca+2]. The summed E-state index contributed by atoms with van der Waals surface area (Å²) in [4.78, 5) is 89.0. The molecule has 0 bridgehead atoms. The average Bonchev–Trinajstić information content (AvgIpc) is 2.30. The standard InChI is InChI=1S/2C4H4O4.5Ca.2H3O4P/c2*5-3(6)1-2-4(7)8;;;;;;2*1-5(2,3)4/h2*1-2H,(H,5,6)(H,7,8);;;;;;2*(H3,1,2,3,4)/q;;5*+2;;/p-10/b2*2-1-;;;;;;;. The molecule has 0 heterocycles. The molecule has 0 aliphatic heterocycles. The van der Waals surface area contributed by atoms with Gasteiger partial charge in [0.25, 0.3) is 0 Å². The largest absolute Gasteiger partial charge is 2.00 e. The van der Waals surface area contributed by atoms with Crippen molar-refractivity contribution >= 4 is 228 Å². The van der Waals surface area contributed by atoms with Crippen LogP contribution in [0, 0.1) is 0 Å². The topological polar surface area (TPSA) is 333 Å². The number of rotatable bonds is 4. The summed E-state index contributed by atoms with van der Waals surface area (Å²) in [6.45, 7) is 0. The van der Waals surface area contributed by atoms with Gasteiger partial charge in [-0.05, 0) is 24.3 Å². The maximum atomic E-state index is 9.41. The second-order valence-corrected chi connectivity index (χ2v) is 4.63. The number of hydrogen-bond acceptors (Lipinski definition) is 16. The number of carboxylic acid groups (broad SMARTS) is 4. The quantitative estimate of drug-likeness (QED) is 0.160. The predicted octanol–water partition coefficient (Wildman–Crippen LogP) is -13.5. The molecule has 0 saturated carbocycles. The first-order valence-electron chi connectivity index (χ1n) is 4.91. The van der Waals surface area contributed by atoms with E-state index in [-0.39, 0.29) is 189 Å². The van der Waals surface area contributed by atoms with E-state index < -0.39 is 39.5 Å². The second-order valence-electron chi connectivity index (χ2n) is 2.84. The van der Waals surface area contributed by atoms with E-state index in [0.29, 0.717) is 24.3 Å². The third-order valence-corrected chi connectivity index (χ3v) is 0.711. The van der Waals surface area contributed by atoms with E-state index in [2.05, 4.69) is 0 Å². The van der Waals surface area contributed by atoms with E-state index in [1.165, 1.54) is 0 Å². The number of carboxylic acids is 4. The first kappa shape index (κ1) is 59.8. The Balaban J connectivity index is -0.0000000288. The van der Waals surface area contributed by atoms with Gasteiger partial charge in [-0.15, -0.1) is 0 Å². The van der Waals surface area contributed by atoms with Crippen LogP contribution in [0.5, 0.6) is 0 Å². The van der Waals surface area contributed by atoms with Gasteiger partial charge in [-0.2, -0.15) is 15.6 Å². The van der Waals surface area contributed by atoms with E-state index in [4.69, 9.17) is 38.5 Å². The summed E-state index contributed by atoms with van der Waals surface area (Å²) in [7, 11) is -10.8. The summed E-state index contributed by atoms with van der Waals surface area (Å²) in [5.74, 6) is -6.19. The van der Waals surface area contributed by atoms with Crippen molar-refractivity contribution in [1.29, 1.82) is 0 Å². The zero-order chi connectivity index (χ0) is 22.1. The molecule has 0 rings (SSSR count). The first-order valence-corrected chi connectivity index (χ1v) is 7.84. The van der Waals surface area contributed by atoms with Crippen molar-refractivity contribution < 1.29 is 78.1 Å². The molecule has 0 radical (unpaired) electrons. The molecule has 0 aliphatic rings. The van der Waals surface area contributed by atoms with Crippen LogP contribution < -0.4 is 49.8 Å². The normalized spacial score (nSPS) is 8.71. The van der Waals surface area contributed by atoms with E-state index in [9.17, 15) is 39.6 Å². The van der Waals surface area contributed by atoms with Gasteiger partial charge < -0.3 is 78.1 Å². The minimum absolute atomic E-state index is 0. The van der Waals surface area contributed by atoms with Crippen LogP contribution in [0.1, 0.15) is 0 Å². The van der Waals surface area contributed by atoms with Crippen LogP contribution in [0.2, 0.25) is 0 Å². The number of aliphatic carboxylic acids is 4. The molecule has 0 aromatic carbocycles. The van der Waals surface area contributed by atoms with Crippen LogP contribution in [-0.2, 0) is 28.3 Å². The summed E-state index contributed by atoms with van der Waals surface area (Å²) < 4.78 is 17.1. The Morgan fingerprint density at radius 2 is 0.484 bits per heavy atom. The van der Waals surface area contributed by atoms with Gasteiger partial charge in [-0.1, -0.05) is 0 Å². The summed E-state index contributed by atoms with van der Waals surface area (Å²) >= 11 is 0. The molecule has 0 unspecified atom stereocenters. The van der Waals surface area contributed by atoms with Gasteiger partial charge in [-0.3, -0.25) is 0 Å². The Morgan fingerprint density at radius 3 is 0.516 bits per heavy atom. The van der Waals surface area contributed by atoms with Crippen LogP contribution in [0.3, 0.4) is 0 Å². The first-order chi connectivity index (χ1) is 11.3. The summed E-state index contributed by atoms with van der Waals surface area (Å²) in [6.07, 6.45) is 1.54. The van der Waals surface area contributed by atoms with Gasteiger partial charge in [-0.25, -0.2) is 0 Å². The Morgan fingerprint density at radius 1 is 0.419 bits per heavy atom. The molecule has 0 spiro atoms. The molecule has 0 aromatic heterocycles. The molecule has 0 fully saturated rings. The maximum absolute atomic E-state index is 9.41. The van der Waals surface area contributed by atoms with Crippen LogP contribution >= 0.6 is 15.6 Å². The molecular formula is C8H4Ca5O16P2.